The van der Waals surface area contributed by atoms with Gasteiger partial charge in [-0.05, 0) is 25.0 Å². The molecule has 4 nitrogen and oxygen atoms in total. The van der Waals surface area contributed by atoms with E-state index in [0.717, 1.165) is 27.9 Å². The van der Waals surface area contributed by atoms with E-state index >= 15 is 0 Å². The third-order valence-corrected chi connectivity index (χ3v) is 7.15. The molecule has 31 heavy (non-hydrogen) atoms. The Morgan fingerprint density at radius 3 is 2.10 bits per heavy atom. The summed E-state index contributed by atoms with van der Waals surface area (Å²) >= 11 is 7.68. The molecule has 0 spiro atoms. The van der Waals surface area contributed by atoms with Gasteiger partial charge < -0.3 is 10.1 Å². The van der Waals surface area contributed by atoms with Crippen LogP contribution < -0.4 is 10.1 Å². The number of anilines is 1. The van der Waals surface area contributed by atoms with Gasteiger partial charge in [-0.2, -0.15) is 4.98 Å². The molecular weight excluding hydrogens is 422 g/mol. The maximum atomic E-state index is 5.93. The molecule has 1 heterocycles. The first-order valence-corrected chi connectivity index (χ1v) is 13.9. The summed E-state index contributed by atoms with van der Waals surface area (Å²) in [6, 6.07) is 0. The zero-order valence-electron chi connectivity index (χ0n) is 20.4. The highest BCUT2D eigenvalue weighted by Crippen LogP contribution is 2.33. The van der Waals surface area contributed by atoms with Crippen molar-refractivity contribution in [2.75, 3.05) is 18.2 Å². The molecule has 1 N–H and O–H groups in total. The molecule has 0 saturated carbocycles. The number of aromatic nitrogens is 2. The zero-order chi connectivity index (χ0) is 22.7. The number of hydrogen-bond acceptors (Lipinski definition) is 5. The molecule has 0 bridgehead atoms. The highest BCUT2D eigenvalue weighted by atomic mass is 32.2. The number of hydrogen-bond donors (Lipinski definition) is 1. The number of thioether (sulfide) groups is 1. The predicted molar refractivity (Wildman–Crippen MR) is 141 cm³/mol. The van der Waals surface area contributed by atoms with Crippen molar-refractivity contribution in [3.8, 4) is 5.88 Å². The first-order valence-electron chi connectivity index (χ1n) is 12.5. The fraction of sp³-hybridized carbons (Fsp3) is 0.800. The second kappa shape index (κ2) is 18.7. The molecule has 0 aliphatic carbocycles. The van der Waals surface area contributed by atoms with Gasteiger partial charge in [0.25, 0.3) is 0 Å². The molecule has 178 valence electrons. The number of rotatable bonds is 19. The van der Waals surface area contributed by atoms with E-state index in [2.05, 4.69) is 36.1 Å². The first kappa shape index (κ1) is 28.2. The molecule has 0 saturated heterocycles. The van der Waals surface area contributed by atoms with Crippen molar-refractivity contribution in [2.45, 2.75) is 116 Å². The Kier molecular flexibility index (Phi) is 17.0. The standard InChI is InChI=1S/C25H45N3OS2/c1-5-8-11-13-14-16-18-21(17-15-12-9-6-2)24(30)28-22-23(29-4)26-20-27-25(22)31-19-10-7-3/h20-21H,5-19H2,1-4H3,(H,28,30). The van der Waals surface area contributed by atoms with Crippen LogP contribution in [0, 0.1) is 5.92 Å². The van der Waals surface area contributed by atoms with Crippen LogP contribution >= 0.6 is 24.0 Å². The third kappa shape index (κ3) is 12.1. The van der Waals surface area contributed by atoms with Crippen LogP contribution in [0.3, 0.4) is 0 Å². The van der Waals surface area contributed by atoms with E-state index < -0.39 is 0 Å². The van der Waals surface area contributed by atoms with Crippen molar-refractivity contribution in [3.05, 3.63) is 6.33 Å². The van der Waals surface area contributed by atoms with Gasteiger partial charge in [-0.25, -0.2) is 4.98 Å². The maximum Gasteiger partial charge on any atom is 0.241 e. The molecule has 0 aromatic carbocycles. The van der Waals surface area contributed by atoms with Gasteiger partial charge in [-0.3, -0.25) is 0 Å². The zero-order valence-corrected chi connectivity index (χ0v) is 22.0. The van der Waals surface area contributed by atoms with Crippen molar-refractivity contribution in [2.24, 2.45) is 5.92 Å². The van der Waals surface area contributed by atoms with Crippen LogP contribution in [0.5, 0.6) is 5.88 Å². The van der Waals surface area contributed by atoms with Crippen LogP contribution in [0.2, 0.25) is 0 Å². The van der Waals surface area contributed by atoms with Gasteiger partial charge >= 0.3 is 0 Å². The number of nitrogens with one attached hydrogen (secondary N) is 1. The average molecular weight is 468 g/mol. The lowest BCUT2D eigenvalue weighted by molar-refractivity contribution is 0.397. The molecule has 1 unspecified atom stereocenters. The molecule has 1 atom stereocenters. The normalized spacial score (nSPS) is 12.0. The van der Waals surface area contributed by atoms with Crippen LogP contribution in [0.15, 0.2) is 11.4 Å². The lowest BCUT2D eigenvalue weighted by Gasteiger charge is -2.21. The molecule has 0 fully saturated rings. The lowest BCUT2D eigenvalue weighted by atomic mass is 9.94. The average Bonchev–Trinajstić information content (AvgIpc) is 2.78. The number of methoxy groups -OCH3 is 1. The van der Waals surface area contributed by atoms with Crippen LogP contribution in [0.25, 0.3) is 0 Å². The number of thiocarbonyl (C=S) groups is 1. The number of nitrogens with zero attached hydrogens (tertiary/aromatic N) is 2. The van der Waals surface area contributed by atoms with Gasteiger partial charge in [-0.15, -0.1) is 11.8 Å². The quantitative estimate of drug-likeness (QED) is 0.0952. The molecular formula is C25H45N3OS2. The lowest BCUT2D eigenvalue weighted by Crippen LogP contribution is -2.22. The van der Waals surface area contributed by atoms with E-state index in [1.165, 1.54) is 83.5 Å². The monoisotopic (exact) mass is 467 g/mol. The minimum Gasteiger partial charge on any atom is -0.479 e. The van der Waals surface area contributed by atoms with E-state index in [1.54, 1.807) is 25.2 Å². The number of unbranched alkanes of at least 4 members (excludes halogenated alkanes) is 9. The Hall–Kier alpha value is -0.880. The summed E-state index contributed by atoms with van der Waals surface area (Å²) in [5.74, 6) is 2.04. The SMILES string of the molecule is CCCCCCCCC(CCCCCC)C(=S)Nc1c(OC)ncnc1SCCCC. The van der Waals surface area contributed by atoms with Gasteiger partial charge in [-0.1, -0.05) is 104 Å². The summed E-state index contributed by atoms with van der Waals surface area (Å²) in [6.45, 7) is 6.74. The summed E-state index contributed by atoms with van der Waals surface area (Å²) in [5, 5.41) is 4.46. The number of ether oxygens (including phenoxy) is 1. The highest BCUT2D eigenvalue weighted by molar-refractivity contribution is 7.99. The third-order valence-electron chi connectivity index (χ3n) is 5.64. The summed E-state index contributed by atoms with van der Waals surface area (Å²) in [6.07, 6.45) is 19.3. The van der Waals surface area contributed by atoms with Crippen molar-refractivity contribution < 1.29 is 4.74 Å². The van der Waals surface area contributed by atoms with Crippen molar-refractivity contribution in [3.63, 3.8) is 0 Å². The fourth-order valence-electron chi connectivity index (χ4n) is 3.66. The summed E-state index contributed by atoms with van der Waals surface area (Å²) in [5.41, 5.74) is 0.845. The largest absolute Gasteiger partial charge is 0.479 e. The van der Waals surface area contributed by atoms with Gasteiger partial charge in [0.15, 0.2) is 0 Å². The molecule has 0 aliphatic rings. The Morgan fingerprint density at radius 2 is 1.48 bits per heavy atom. The Labute approximate surface area is 201 Å². The minimum atomic E-state index is 0.413. The van der Waals surface area contributed by atoms with Gasteiger partial charge in [0.05, 0.1) is 12.1 Å². The molecule has 0 radical (unpaired) electrons. The Morgan fingerprint density at radius 1 is 0.903 bits per heavy atom. The Balaban J connectivity index is 2.77. The first-order chi connectivity index (χ1) is 15.2. The second-order valence-electron chi connectivity index (χ2n) is 8.36. The summed E-state index contributed by atoms with van der Waals surface area (Å²) in [7, 11) is 1.66. The van der Waals surface area contributed by atoms with Crippen molar-refractivity contribution >= 4 is 34.7 Å². The summed E-state index contributed by atoms with van der Waals surface area (Å²) in [4.78, 5) is 9.76. The van der Waals surface area contributed by atoms with Crippen LogP contribution in [-0.4, -0.2) is 27.8 Å². The smallest absolute Gasteiger partial charge is 0.241 e. The van der Waals surface area contributed by atoms with E-state index in [1.807, 2.05) is 0 Å². The molecule has 1 aromatic rings. The molecule has 1 aromatic heterocycles. The molecule has 6 heteroatoms. The van der Waals surface area contributed by atoms with E-state index in [0.29, 0.717) is 11.8 Å². The van der Waals surface area contributed by atoms with E-state index in [4.69, 9.17) is 17.0 Å². The summed E-state index contributed by atoms with van der Waals surface area (Å²) < 4.78 is 5.54. The van der Waals surface area contributed by atoms with Crippen LogP contribution in [0.1, 0.15) is 111 Å². The highest BCUT2D eigenvalue weighted by Gasteiger charge is 2.19. The van der Waals surface area contributed by atoms with Crippen molar-refractivity contribution in [1.29, 1.82) is 0 Å². The van der Waals surface area contributed by atoms with Crippen molar-refractivity contribution in [1.82, 2.24) is 9.97 Å². The van der Waals surface area contributed by atoms with Crippen LogP contribution in [0.4, 0.5) is 5.69 Å². The Bertz CT molecular complexity index is 598. The molecule has 0 amide bonds. The van der Waals surface area contributed by atoms with Gasteiger partial charge in [0.2, 0.25) is 5.88 Å². The predicted octanol–water partition coefficient (Wildman–Crippen LogP) is 8.45. The molecule has 1 rings (SSSR count). The van der Waals surface area contributed by atoms with Gasteiger partial charge in [0, 0.05) is 5.92 Å². The van der Waals surface area contributed by atoms with Crippen LogP contribution in [-0.2, 0) is 0 Å². The topological polar surface area (TPSA) is 47.0 Å². The van der Waals surface area contributed by atoms with E-state index in [-0.39, 0.29) is 0 Å². The fourth-order valence-corrected chi connectivity index (χ4v) is 5.03. The van der Waals surface area contributed by atoms with E-state index in [9.17, 15) is 0 Å². The minimum absolute atomic E-state index is 0.413. The maximum absolute atomic E-state index is 5.93. The second-order valence-corrected chi connectivity index (χ2v) is 9.88. The van der Waals surface area contributed by atoms with Gasteiger partial charge in [0.1, 0.15) is 17.0 Å². The molecule has 0 aliphatic heterocycles.